The van der Waals surface area contributed by atoms with Gasteiger partial charge in [0.2, 0.25) is 0 Å². The highest BCUT2D eigenvalue weighted by Crippen LogP contribution is 2.37. The lowest BCUT2D eigenvalue weighted by molar-refractivity contribution is 0.0525. The number of hydrogen-bond acceptors (Lipinski definition) is 7. The highest BCUT2D eigenvalue weighted by molar-refractivity contribution is 9.10. The number of nitrogens with zero attached hydrogens (tertiary/aromatic N) is 4. The molecule has 0 saturated heterocycles. The summed E-state index contributed by atoms with van der Waals surface area (Å²) in [5.41, 5.74) is 8.34. The van der Waals surface area contributed by atoms with Crippen LogP contribution in [0.5, 0.6) is 11.5 Å². The summed E-state index contributed by atoms with van der Waals surface area (Å²) in [6.07, 6.45) is 3.13. The fraction of sp³-hybridized carbons (Fsp3) is 0.120. The summed E-state index contributed by atoms with van der Waals surface area (Å²) in [6, 6.07) is 46.3. The lowest BCUT2D eigenvalue weighted by Crippen LogP contribution is -2.08. The molecule has 0 fully saturated rings. The normalized spacial score (nSPS) is 10.7. The van der Waals surface area contributed by atoms with Crippen LogP contribution in [0.25, 0.3) is 34.2 Å². The van der Waals surface area contributed by atoms with E-state index in [2.05, 4.69) is 41.8 Å². The van der Waals surface area contributed by atoms with Gasteiger partial charge in [-0.1, -0.05) is 92.5 Å². The number of hydrogen-bond donors (Lipinski definition) is 1. The van der Waals surface area contributed by atoms with Crippen molar-refractivity contribution in [2.24, 2.45) is 0 Å². The van der Waals surface area contributed by atoms with Crippen molar-refractivity contribution in [1.82, 2.24) is 19.1 Å². The van der Waals surface area contributed by atoms with Crippen LogP contribution >= 0.6 is 31.9 Å². The zero-order valence-electron chi connectivity index (χ0n) is 34.2. The van der Waals surface area contributed by atoms with Crippen molar-refractivity contribution in [3.63, 3.8) is 0 Å². The first-order valence-electron chi connectivity index (χ1n) is 19.7. The molecule has 8 rings (SSSR count). The first kappa shape index (κ1) is 43.3. The molecule has 12 heteroatoms. The van der Waals surface area contributed by atoms with Crippen molar-refractivity contribution in [3.8, 4) is 45.6 Å². The van der Waals surface area contributed by atoms with E-state index in [1.807, 2.05) is 144 Å². The first-order valence-corrected chi connectivity index (χ1v) is 21.3. The number of carboxylic acid groups (broad SMARTS) is 1. The summed E-state index contributed by atoms with van der Waals surface area (Å²) in [5, 5.41) is 9.36. The predicted molar refractivity (Wildman–Crippen MR) is 247 cm³/mol. The van der Waals surface area contributed by atoms with E-state index < -0.39 is 5.97 Å². The number of carboxylic acids is 1. The van der Waals surface area contributed by atoms with Gasteiger partial charge in [0, 0.05) is 43.9 Å². The molecule has 8 aromatic rings. The SMILES string of the molecule is CCOC(=O)c1ccnc(-n2c(C)ccc2-c2cc(Br)ccc2OCc2ccccc2)c1.Cc1ccc(-c2cc(Br)ccc2OCc2ccccc2)n1-c1cc(C(=O)O)ccn1. The first-order chi connectivity index (χ1) is 30.1. The molecular formula is C50H42Br2N4O6. The van der Waals surface area contributed by atoms with E-state index in [9.17, 15) is 14.7 Å². The molecule has 0 spiro atoms. The zero-order chi connectivity index (χ0) is 43.6. The topological polar surface area (TPSA) is 118 Å². The smallest absolute Gasteiger partial charge is 0.338 e. The highest BCUT2D eigenvalue weighted by Gasteiger charge is 2.19. The van der Waals surface area contributed by atoms with Crippen LogP contribution < -0.4 is 9.47 Å². The minimum atomic E-state index is -0.987. The third-order valence-electron chi connectivity index (χ3n) is 9.77. The third kappa shape index (κ3) is 10.4. The Hall–Kier alpha value is -6.76. The number of aromatic nitrogens is 4. The Kier molecular flexibility index (Phi) is 14.1. The zero-order valence-corrected chi connectivity index (χ0v) is 37.3. The molecule has 0 saturated carbocycles. The summed E-state index contributed by atoms with van der Waals surface area (Å²) in [7, 11) is 0. The number of halogens is 2. The second-order valence-electron chi connectivity index (χ2n) is 14.1. The van der Waals surface area contributed by atoms with E-state index in [-0.39, 0.29) is 11.5 Å². The van der Waals surface area contributed by atoms with Crippen molar-refractivity contribution in [2.75, 3.05) is 6.61 Å². The van der Waals surface area contributed by atoms with Crippen LogP contribution in [0.3, 0.4) is 0 Å². The van der Waals surface area contributed by atoms with E-state index in [1.165, 1.54) is 12.3 Å². The Morgan fingerprint density at radius 2 is 1.03 bits per heavy atom. The summed E-state index contributed by atoms with van der Waals surface area (Å²) in [4.78, 5) is 32.6. The molecule has 0 aliphatic carbocycles. The molecule has 0 aliphatic heterocycles. The van der Waals surface area contributed by atoms with Crippen LogP contribution in [0, 0.1) is 13.8 Å². The minimum Gasteiger partial charge on any atom is -0.488 e. The average molecular weight is 955 g/mol. The fourth-order valence-corrected chi connectivity index (χ4v) is 7.51. The summed E-state index contributed by atoms with van der Waals surface area (Å²) in [6.45, 7) is 6.99. The number of ether oxygens (including phenoxy) is 3. The number of aryl methyl sites for hydroxylation is 2. The van der Waals surface area contributed by atoms with Gasteiger partial charge in [0.15, 0.2) is 0 Å². The second-order valence-corrected chi connectivity index (χ2v) is 15.9. The predicted octanol–water partition coefficient (Wildman–Crippen LogP) is 12.3. The molecule has 0 aliphatic rings. The van der Waals surface area contributed by atoms with Crippen LogP contribution in [-0.4, -0.2) is 42.8 Å². The number of carbonyl (C=O) groups is 2. The number of aromatic carboxylic acids is 1. The van der Waals surface area contributed by atoms with E-state index >= 15 is 0 Å². The maximum atomic E-state index is 12.2. The quantitative estimate of drug-likeness (QED) is 0.114. The van der Waals surface area contributed by atoms with E-state index in [0.717, 1.165) is 65.5 Å². The van der Waals surface area contributed by atoms with Gasteiger partial charge in [-0.25, -0.2) is 19.6 Å². The maximum Gasteiger partial charge on any atom is 0.338 e. The number of rotatable bonds is 13. The number of esters is 1. The molecule has 312 valence electrons. The van der Waals surface area contributed by atoms with Crippen molar-refractivity contribution in [2.45, 2.75) is 34.0 Å². The second kappa shape index (κ2) is 20.2. The molecule has 10 nitrogen and oxygen atoms in total. The van der Waals surface area contributed by atoms with Crippen LogP contribution in [0.1, 0.15) is 50.2 Å². The van der Waals surface area contributed by atoms with Gasteiger partial charge in [-0.05, 0) is 117 Å². The van der Waals surface area contributed by atoms with Gasteiger partial charge in [0.1, 0.15) is 36.3 Å². The van der Waals surface area contributed by atoms with Crippen molar-refractivity contribution < 1.29 is 28.9 Å². The average Bonchev–Trinajstić information content (AvgIpc) is 3.88. The van der Waals surface area contributed by atoms with Gasteiger partial charge in [-0.15, -0.1) is 0 Å². The largest absolute Gasteiger partial charge is 0.488 e. The fourth-order valence-electron chi connectivity index (χ4n) is 6.79. The molecule has 62 heavy (non-hydrogen) atoms. The van der Waals surface area contributed by atoms with E-state index in [0.29, 0.717) is 37.0 Å². The number of benzene rings is 4. The number of carbonyl (C=O) groups excluding carboxylic acids is 1. The van der Waals surface area contributed by atoms with Crippen LogP contribution in [0.2, 0.25) is 0 Å². The third-order valence-corrected chi connectivity index (χ3v) is 10.8. The van der Waals surface area contributed by atoms with Gasteiger partial charge in [0.25, 0.3) is 0 Å². The lowest BCUT2D eigenvalue weighted by Gasteiger charge is -2.16. The van der Waals surface area contributed by atoms with Gasteiger partial charge in [-0.3, -0.25) is 9.13 Å². The molecule has 0 radical (unpaired) electrons. The summed E-state index contributed by atoms with van der Waals surface area (Å²) in [5.74, 6) is 1.33. The van der Waals surface area contributed by atoms with Gasteiger partial charge in [-0.2, -0.15) is 0 Å². The van der Waals surface area contributed by atoms with Crippen molar-refractivity contribution >= 4 is 43.8 Å². The molecule has 0 bridgehead atoms. The van der Waals surface area contributed by atoms with E-state index in [1.54, 1.807) is 31.3 Å². The highest BCUT2D eigenvalue weighted by atomic mass is 79.9. The Morgan fingerprint density at radius 3 is 1.48 bits per heavy atom. The van der Waals surface area contributed by atoms with Crippen molar-refractivity contribution in [3.05, 3.63) is 201 Å². The minimum absolute atomic E-state index is 0.189. The van der Waals surface area contributed by atoms with Gasteiger partial charge >= 0.3 is 11.9 Å². The standard InChI is InChI=1S/C26H23BrN2O3.C24H19BrN2O3/c1-3-31-26(30)20-13-14-28-25(15-20)29-18(2)9-11-23(29)22-16-21(27)10-12-24(22)32-17-19-7-5-4-6-8-19;1-16-7-9-21(27(16)23-13-18(24(28)29)11-12-26-23)20-14-19(25)8-10-22(20)30-15-17-5-3-2-4-6-17/h4-16H,3,17H2,1-2H3;2-14H,15H2,1H3,(H,28,29). The monoisotopic (exact) mass is 952 g/mol. The van der Waals surface area contributed by atoms with Crippen LogP contribution in [0.4, 0.5) is 0 Å². The summed E-state index contributed by atoms with van der Waals surface area (Å²) < 4.78 is 23.3. The van der Waals surface area contributed by atoms with Crippen molar-refractivity contribution in [1.29, 1.82) is 0 Å². The lowest BCUT2D eigenvalue weighted by atomic mass is 10.1. The molecule has 0 amide bonds. The molecule has 1 N–H and O–H groups in total. The Labute approximate surface area is 376 Å². The molecule has 4 aromatic carbocycles. The molecule has 4 heterocycles. The molecule has 0 atom stereocenters. The molecule has 0 unspecified atom stereocenters. The molecular weight excluding hydrogens is 912 g/mol. The Balaban J connectivity index is 0.000000187. The van der Waals surface area contributed by atoms with Crippen LogP contribution in [-0.2, 0) is 18.0 Å². The van der Waals surface area contributed by atoms with E-state index in [4.69, 9.17) is 14.2 Å². The van der Waals surface area contributed by atoms with Gasteiger partial charge in [0.05, 0.1) is 29.1 Å². The summed E-state index contributed by atoms with van der Waals surface area (Å²) >= 11 is 7.13. The van der Waals surface area contributed by atoms with Gasteiger partial charge < -0.3 is 19.3 Å². The Morgan fingerprint density at radius 1 is 0.581 bits per heavy atom. The number of pyridine rings is 2. The maximum absolute atomic E-state index is 12.2. The van der Waals surface area contributed by atoms with Crippen LogP contribution in [0.15, 0.2) is 167 Å². The molecule has 4 aromatic heterocycles. The Bertz CT molecular complexity index is 2820.